The third kappa shape index (κ3) is 3.40. The minimum atomic E-state index is -0.426. The highest BCUT2D eigenvalue weighted by Crippen LogP contribution is 2.33. The van der Waals surface area contributed by atoms with Crippen LogP contribution in [0.4, 0.5) is 4.39 Å². The molecule has 1 aliphatic rings. The Morgan fingerprint density at radius 2 is 2.03 bits per heavy atom. The van der Waals surface area contributed by atoms with Gasteiger partial charge >= 0.3 is 0 Å². The van der Waals surface area contributed by atoms with Gasteiger partial charge in [0.2, 0.25) is 0 Å². The SMILES string of the molecule is CCN(C(=O)c1cc(F)ccc1-c1cc(C2CNC2)cn2c(C)nnc12)C(C)C. The van der Waals surface area contributed by atoms with Crippen LogP contribution in [0.25, 0.3) is 16.8 Å². The number of nitrogens with one attached hydrogen (secondary N) is 1. The number of pyridine rings is 1. The Hall–Kier alpha value is -2.80. The van der Waals surface area contributed by atoms with Crippen LogP contribution in [-0.4, -0.2) is 51.1 Å². The molecule has 0 bridgehead atoms. The maximum atomic E-state index is 14.2. The van der Waals surface area contributed by atoms with Gasteiger partial charge in [-0.1, -0.05) is 6.07 Å². The van der Waals surface area contributed by atoms with Gasteiger partial charge in [-0.3, -0.25) is 9.20 Å². The second kappa shape index (κ2) is 7.55. The van der Waals surface area contributed by atoms with Crippen molar-refractivity contribution in [3.05, 3.63) is 53.2 Å². The molecule has 0 radical (unpaired) electrons. The lowest BCUT2D eigenvalue weighted by Gasteiger charge is -2.28. The van der Waals surface area contributed by atoms with Crippen molar-refractivity contribution in [1.82, 2.24) is 24.8 Å². The topological polar surface area (TPSA) is 62.5 Å². The van der Waals surface area contributed by atoms with Gasteiger partial charge in [-0.2, -0.15) is 0 Å². The van der Waals surface area contributed by atoms with Crippen LogP contribution >= 0.6 is 0 Å². The Morgan fingerprint density at radius 3 is 2.66 bits per heavy atom. The predicted octanol–water partition coefficient (Wildman–Crippen LogP) is 3.40. The van der Waals surface area contributed by atoms with Crippen LogP contribution in [0.1, 0.15) is 48.4 Å². The molecule has 29 heavy (non-hydrogen) atoms. The fraction of sp³-hybridized carbons (Fsp3) is 0.409. The Morgan fingerprint density at radius 1 is 1.28 bits per heavy atom. The van der Waals surface area contributed by atoms with E-state index in [1.54, 1.807) is 11.0 Å². The first kappa shape index (κ1) is 19.5. The first-order valence-corrected chi connectivity index (χ1v) is 10.1. The van der Waals surface area contributed by atoms with Gasteiger partial charge in [0.05, 0.1) is 5.56 Å². The monoisotopic (exact) mass is 395 g/mol. The summed E-state index contributed by atoms with van der Waals surface area (Å²) in [7, 11) is 0. The highest BCUT2D eigenvalue weighted by atomic mass is 19.1. The Labute approximate surface area is 169 Å². The molecular weight excluding hydrogens is 369 g/mol. The van der Waals surface area contributed by atoms with Crippen molar-refractivity contribution in [2.24, 2.45) is 0 Å². The largest absolute Gasteiger partial charge is 0.336 e. The van der Waals surface area contributed by atoms with Crippen molar-refractivity contribution >= 4 is 11.6 Å². The van der Waals surface area contributed by atoms with E-state index >= 15 is 0 Å². The number of carbonyl (C=O) groups is 1. The molecule has 6 nitrogen and oxygen atoms in total. The lowest BCUT2D eigenvalue weighted by Crippen LogP contribution is -2.40. The van der Waals surface area contributed by atoms with E-state index < -0.39 is 5.82 Å². The lowest BCUT2D eigenvalue weighted by molar-refractivity contribution is 0.0717. The predicted molar refractivity (Wildman–Crippen MR) is 111 cm³/mol. The van der Waals surface area contributed by atoms with Crippen LogP contribution in [-0.2, 0) is 0 Å². The van der Waals surface area contributed by atoms with E-state index in [2.05, 4.69) is 27.8 Å². The third-order valence-corrected chi connectivity index (χ3v) is 5.68. The van der Waals surface area contributed by atoms with Gasteiger partial charge in [-0.15, -0.1) is 10.2 Å². The molecule has 1 amide bonds. The van der Waals surface area contributed by atoms with Crippen molar-refractivity contribution in [2.75, 3.05) is 19.6 Å². The molecule has 7 heteroatoms. The van der Waals surface area contributed by atoms with Gasteiger partial charge in [0, 0.05) is 43.4 Å². The van der Waals surface area contributed by atoms with Gasteiger partial charge in [0.25, 0.3) is 5.91 Å². The van der Waals surface area contributed by atoms with Gasteiger partial charge < -0.3 is 10.2 Å². The van der Waals surface area contributed by atoms with Crippen LogP contribution < -0.4 is 5.32 Å². The minimum absolute atomic E-state index is 0.0198. The standard InChI is InChI=1S/C22H26FN5O/c1-5-27(13(2)3)22(29)20-9-17(23)6-7-18(20)19-8-15(16-10-24-11-16)12-28-14(4)25-26-21(19)28/h6-9,12-13,16,24H,5,10-11H2,1-4H3. The summed E-state index contributed by atoms with van der Waals surface area (Å²) < 4.78 is 16.1. The molecule has 1 N–H and O–H groups in total. The maximum Gasteiger partial charge on any atom is 0.254 e. The number of hydrogen-bond donors (Lipinski definition) is 1. The van der Waals surface area contributed by atoms with Gasteiger partial charge in [0.15, 0.2) is 5.65 Å². The molecule has 1 aliphatic heterocycles. The zero-order valence-corrected chi connectivity index (χ0v) is 17.2. The molecule has 0 saturated carbocycles. The maximum absolute atomic E-state index is 14.2. The molecule has 2 aromatic heterocycles. The van der Waals surface area contributed by atoms with Crippen LogP contribution in [0.3, 0.4) is 0 Å². The minimum Gasteiger partial charge on any atom is -0.336 e. The van der Waals surface area contributed by atoms with E-state index in [0.29, 0.717) is 29.2 Å². The second-order valence-electron chi connectivity index (χ2n) is 7.86. The smallest absolute Gasteiger partial charge is 0.254 e. The van der Waals surface area contributed by atoms with Gasteiger partial charge in [-0.25, -0.2) is 4.39 Å². The number of amides is 1. The summed E-state index contributed by atoms with van der Waals surface area (Å²) in [6.07, 6.45) is 2.07. The van der Waals surface area contributed by atoms with Gasteiger partial charge in [-0.05, 0) is 57.0 Å². The zero-order chi connectivity index (χ0) is 20.7. The molecule has 152 valence electrons. The van der Waals surface area contributed by atoms with Crippen molar-refractivity contribution in [3.63, 3.8) is 0 Å². The van der Waals surface area contributed by atoms with Crippen LogP contribution in [0, 0.1) is 12.7 Å². The van der Waals surface area contributed by atoms with E-state index in [0.717, 1.165) is 30.0 Å². The average Bonchev–Trinajstić information content (AvgIpc) is 3.01. The summed E-state index contributed by atoms with van der Waals surface area (Å²) in [5.74, 6) is 0.581. The number of halogens is 1. The van der Waals surface area contributed by atoms with E-state index in [-0.39, 0.29) is 11.9 Å². The Kier molecular flexibility index (Phi) is 5.08. The molecular formula is C22H26FN5O. The quantitative estimate of drug-likeness (QED) is 0.719. The average molecular weight is 395 g/mol. The molecule has 0 aliphatic carbocycles. The molecule has 1 aromatic carbocycles. The van der Waals surface area contributed by atoms with Crippen molar-refractivity contribution < 1.29 is 9.18 Å². The lowest BCUT2D eigenvalue weighted by atomic mass is 9.91. The molecule has 1 saturated heterocycles. The summed E-state index contributed by atoms with van der Waals surface area (Å²) in [4.78, 5) is 15.0. The highest BCUT2D eigenvalue weighted by molar-refractivity contribution is 6.02. The number of carbonyl (C=O) groups excluding carboxylic acids is 1. The number of fused-ring (bicyclic) bond motifs is 1. The number of nitrogens with zero attached hydrogens (tertiary/aromatic N) is 4. The van der Waals surface area contributed by atoms with Crippen LogP contribution in [0.5, 0.6) is 0 Å². The molecule has 4 rings (SSSR count). The second-order valence-corrected chi connectivity index (χ2v) is 7.86. The number of benzene rings is 1. The molecule has 1 fully saturated rings. The van der Waals surface area contributed by atoms with E-state index in [1.165, 1.54) is 12.1 Å². The van der Waals surface area contributed by atoms with Crippen molar-refractivity contribution in [2.45, 2.75) is 39.7 Å². The van der Waals surface area contributed by atoms with Crippen LogP contribution in [0.15, 0.2) is 30.5 Å². The molecule has 3 aromatic rings. The first-order valence-electron chi connectivity index (χ1n) is 10.1. The summed E-state index contributed by atoms with van der Waals surface area (Å²) in [5.41, 5.74) is 3.67. The summed E-state index contributed by atoms with van der Waals surface area (Å²) >= 11 is 0. The normalized spacial score (nSPS) is 14.4. The van der Waals surface area contributed by atoms with Gasteiger partial charge in [0.1, 0.15) is 11.6 Å². The van der Waals surface area contributed by atoms with E-state index in [1.807, 2.05) is 32.1 Å². The molecule has 3 heterocycles. The van der Waals surface area contributed by atoms with Crippen molar-refractivity contribution in [3.8, 4) is 11.1 Å². The number of hydrogen-bond acceptors (Lipinski definition) is 4. The first-order chi connectivity index (χ1) is 13.9. The third-order valence-electron chi connectivity index (χ3n) is 5.68. The fourth-order valence-electron chi connectivity index (χ4n) is 3.90. The number of aryl methyl sites for hydroxylation is 1. The van der Waals surface area contributed by atoms with Crippen LogP contribution in [0.2, 0.25) is 0 Å². The molecule has 0 spiro atoms. The van der Waals surface area contributed by atoms with Crippen molar-refractivity contribution in [1.29, 1.82) is 0 Å². The fourth-order valence-corrected chi connectivity index (χ4v) is 3.90. The molecule has 0 unspecified atom stereocenters. The summed E-state index contributed by atoms with van der Waals surface area (Å²) in [6, 6.07) is 6.50. The number of aromatic nitrogens is 3. The Balaban J connectivity index is 1.93. The summed E-state index contributed by atoms with van der Waals surface area (Å²) in [6.45, 7) is 10.1. The van der Waals surface area contributed by atoms with E-state index in [4.69, 9.17) is 0 Å². The number of rotatable bonds is 5. The van der Waals surface area contributed by atoms with E-state index in [9.17, 15) is 9.18 Å². The summed E-state index contributed by atoms with van der Waals surface area (Å²) in [5, 5.41) is 11.9. The highest BCUT2D eigenvalue weighted by Gasteiger charge is 2.26. The zero-order valence-electron chi connectivity index (χ0n) is 17.2. The molecule has 0 atom stereocenters. The Bertz CT molecular complexity index is 1070.